The number of nitrogens with two attached hydrogens (primary N) is 1. The Balaban J connectivity index is 0. The molecule has 1 atom stereocenters. The highest BCUT2D eigenvalue weighted by Gasteiger charge is 2.14. The van der Waals surface area contributed by atoms with E-state index in [4.69, 9.17) is 20.6 Å². The van der Waals surface area contributed by atoms with Gasteiger partial charge in [0.25, 0.3) is 0 Å². The normalized spacial score (nSPS) is 13.1. The lowest BCUT2D eigenvalue weighted by molar-refractivity contribution is -0.138. The monoisotopic (exact) mass is 229 g/mol. The third-order valence-electron chi connectivity index (χ3n) is 1.53. The van der Waals surface area contributed by atoms with Gasteiger partial charge in [0.1, 0.15) is 6.04 Å². The number of rotatable bonds is 6. The largest absolute Gasteiger partial charge is 0.480 e. The third kappa shape index (κ3) is 9.63. The van der Waals surface area contributed by atoms with Gasteiger partial charge in [0.2, 0.25) is 0 Å². The maximum absolute atomic E-state index is 10.4. The first kappa shape index (κ1) is 16.0. The van der Waals surface area contributed by atoms with Crippen LogP contribution in [0, 0.1) is 0 Å². The van der Waals surface area contributed by atoms with Gasteiger partial charge >= 0.3 is 13.6 Å². The molecule has 0 aliphatic rings. The first-order chi connectivity index (χ1) is 5.83. The second-order valence-electron chi connectivity index (χ2n) is 2.83. The number of aliphatic carboxylic acids is 1. The van der Waals surface area contributed by atoms with Crippen LogP contribution in [0.5, 0.6) is 0 Å². The number of carboxylic acids is 1. The van der Waals surface area contributed by atoms with Crippen molar-refractivity contribution in [2.75, 3.05) is 6.16 Å². The Kier molecular flexibility index (Phi) is 7.90. The Bertz CT molecular complexity index is 214. The molecule has 0 spiro atoms. The van der Waals surface area contributed by atoms with Crippen LogP contribution in [0.4, 0.5) is 0 Å². The molecular formula is C6H16NO6P. The van der Waals surface area contributed by atoms with Crippen molar-refractivity contribution in [1.82, 2.24) is 0 Å². The van der Waals surface area contributed by atoms with Crippen molar-refractivity contribution in [3.05, 3.63) is 0 Å². The van der Waals surface area contributed by atoms with Crippen molar-refractivity contribution < 1.29 is 29.7 Å². The van der Waals surface area contributed by atoms with Crippen LogP contribution >= 0.6 is 7.60 Å². The molecule has 7 N–H and O–H groups in total. The fraction of sp³-hybridized carbons (Fsp3) is 0.833. The summed E-state index contributed by atoms with van der Waals surface area (Å²) in [4.78, 5) is 27.1. The van der Waals surface area contributed by atoms with Crippen LogP contribution in [0.15, 0.2) is 0 Å². The molecule has 0 unspecified atom stereocenters. The predicted octanol–water partition coefficient (Wildman–Crippen LogP) is -1.08. The van der Waals surface area contributed by atoms with Crippen molar-refractivity contribution in [1.29, 1.82) is 0 Å². The minimum absolute atomic E-state index is 0. The molecule has 0 heterocycles. The zero-order valence-corrected chi connectivity index (χ0v) is 8.48. The van der Waals surface area contributed by atoms with E-state index in [9.17, 15) is 9.36 Å². The lowest BCUT2D eigenvalue weighted by Gasteiger charge is -2.06. The van der Waals surface area contributed by atoms with E-state index in [1.165, 1.54) is 0 Å². The maximum atomic E-state index is 10.4. The van der Waals surface area contributed by atoms with Gasteiger partial charge in [-0.25, -0.2) is 0 Å². The van der Waals surface area contributed by atoms with Gasteiger partial charge < -0.3 is 26.1 Å². The van der Waals surface area contributed by atoms with Crippen LogP contribution in [0.25, 0.3) is 0 Å². The van der Waals surface area contributed by atoms with Gasteiger partial charge in [-0.05, 0) is 12.8 Å². The molecule has 0 aromatic rings. The highest BCUT2D eigenvalue weighted by Crippen LogP contribution is 2.35. The molecule has 0 saturated heterocycles. The van der Waals surface area contributed by atoms with Crippen LogP contribution < -0.4 is 5.73 Å². The van der Waals surface area contributed by atoms with Gasteiger partial charge in [-0.15, -0.1) is 0 Å². The molecule has 86 valence electrons. The van der Waals surface area contributed by atoms with E-state index in [1.807, 2.05) is 0 Å². The van der Waals surface area contributed by atoms with Gasteiger partial charge in [-0.3, -0.25) is 9.36 Å². The Morgan fingerprint density at radius 1 is 1.36 bits per heavy atom. The number of hydrogen-bond donors (Lipinski definition) is 4. The zero-order valence-electron chi connectivity index (χ0n) is 7.59. The van der Waals surface area contributed by atoms with Crippen LogP contribution in [0.1, 0.15) is 19.3 Å². The summed E-state index contributed by atoms with van der Waals surface area (Å²) in [6.45, 7) is 0. The fourth-order valence-electron chi connectivity index (χ4n) is 0.806. The van der Waals surface area contributed by atoms with E-state index in [2.05, 4.69) is 0 Å². The highest BCUT2D eigenvalue weighted by atomic mass is 31.2. The molecule has 0 radical (unpaired) electrons. The number of carbonyl (C=O) groups is 1. The van der Waals surface area contributed by atoms with Gasteiger partial charge in [0.15, 0.2) is 0 Å². The SMILES string of the molecule is N[C@@H](CCCCP(=O)(O)O)C(=O)O.O. The van der Waals surface area contributed by atoms with E-state index >= 15 is 0 Å². The average molecular weight is 229 g/mol. The van der Waals surface area contributed by atoms with Gasteiger partial charge in [-0.2, -0.15) is 0 Å². The summed E-state index contributed by atoms with van der Waals surface area (Å²) in [7, 11) is -3.94. The molecule has 0 amide bonds. The summed E-state index contributed by atoms with van der Waals surface area (Å²) in [6, 6.07) is -0.934. The number of carboxylic acid groups (broad SMARTS) is 1. The lowest BCUT2D eigenvalue weighted by Crippen LogP contribution is -2.29. The van der Waals surface area contributed by atoms with Crippen molar-refractivity contribution in [2.24, 2.45) is 5.73 Å². The zero-order chi connectivity index (χ0) is 10.5. The molecule has 0 aliphatic heterocycles. The van der Waals surface area contributed by atoms with Gasteiger partial charge in [-0.1, -0.05) is 6.42 Å². The predicted molar refractivity (Wildman–Crippen MR) is 50.0 cm³/mol. The molecule has 0 aromatic carbocycles. The number of unbranched alkanes of at least 4 members (excludes halogenated alkanes) is 1. The van der Waals surface area contributed by atoms with Crippen molar-refractivity contribution in [3.8, 4) is 0 Å². The fourth-order valence-corrected chi connectivity index (χ4v) is 1.44. The summed E-state index contributed by atoms with van der Waals surface area (Å²) in [5, 5.41) is 8.36. The second-order valence-corrected chi connectivity index (χ2v) is 4.61. The highest BCUT2D eigenvalue weighted by molar-refractivity contribution is 7.51. The first-order valence-corrected chi connectivity index (χ1v) is 5.65. The van der Waals surface area contributed by atoms with Crippen LogP contribution in [-0.4, -0.2) is 38.5 Å². The Hall–Kier alpha value is -0.460. The lowest BCUT2D eigenvalue weighted by atomic mass is 10.1. The minimum atomic E-state index is -3.94. The molecule has 0 saturated carbocycles. The standard InChI is InChI=1S/C6H14NO5P.H2O/c7-5(6(8)9)3-1-2-4-13(10,11)12;/h5H,1-4,7H2,(H,8,9)(H2,10,11,12);1H2/t5-;/m0./s1. The quantitative estimate of drug-likeness (QED) is 0.335. The summed E-state index contributed by atoms with van der Waals surface area (Å²) in [6.07, 6.45) is 0.749. The maximum Gasteiger partial charge on any atom is 0.325 e. The molecule has 8 heteroatoms. The van der Waals surface area contributed by atoms with Crippen molar-refractivity contribution >= 4 is 13.6 Å². The van der Waals surface area contributed by atoms with Crippen molar-refractivity contribution in [3.63, 3.8) is 0 Å². The summed E-state index contributed by atoms with van der Waals surface area (Å²) < 4.78 is 10.4. The van der Waals surface area contributed by atoms with Crippen LogP contribution in [0.3, 0.4) is 0 Å². The first-order valence-electron chi connectivity index (χ1n) is 3.86. The van der Waals surface area contributed by atoms with E-state index in [-0.39, 0.29) is 18.1 Å². The Labute approximate surface area is 81.4 Å². The topological polar surface area (TPSA) is 152 Å². The Morgan fingerprint density at radius 2 is 1.86 bits per heavy atom. The Morgan fingerprint density at radius 3 is 2.21 bits per heavy atom. The molecule has 7 nitrogen and oxygen atoms in total. The smallest absolute Gasteiger partial charge is 0.325 e. The van der Waals surface area contributed by atoms with Gasteiger partial charge in [0.05, 0.1) is 0 Å². The molecule has 0 rings (SSSR count). The van der Waals surface area contributed by atoms with Gasteiger partial charge in [0, 0.05) is 6.16 Å². The number of hydrogen-bond acceptors (Lipinski definition) is 3. The molecule has 0 aliphatic carbocycles. The molecule has 0 aromatic heterocycles. The minimum Gasteiger partial charge on any atom is -0.480 e. The molecular weight excluding hydrogens is 213 g/mol. The van der Waals surface area contributed by atoms with Crippen LogP contribution in [0.2, 0.25) is 0 Å². The summed E-state index contributed by atoms with van der Waals surface area (Å²) >= 11 is 0. The average Bonchev–Trinajstić information content (AvgIpc) is 1.95. The second kappa shape index (κ2) is 6.92. The van der Waals surface area contributed by atoms with E-state index in [1.54, 1.807) is 0 Å². The van der Waals surface area contributed by atoms with E-state index < -0.39 is 19.6 Å². The molecule has 0 fully saturated rings. The van der Waals surface area contributed by atoms with E-state index in [0.29, 0.717) is 12.8 Å². The summed E-state index contributed by atoms with van der Waals surface area (Å²) in [5.74, 6) is -1.09. The van der Waals surface area contributed by atoms with E-state index in [0.717, 1.165) is 0 Å². The molecule has 14 heavy (non-hydrogen) atoms. The summed E-state index contributed by atoms with van der Waals surface area (Å²) in [5.41, 5.74) is 5.17. The third-order valence-corrected chi connectivity index (χ3v) is 2.43. The van der Waals surface area contributed by atoms with Crippen molar-refractivity contribution in [2.45, 2.75) is 25.3 Å². The van der Waals surface area contributed by atoms with Crippen LogP contribution in [-0.2, 0) is 9.36 Å². The molecule has 0 bridgehead atoms.